The quantitative estimate of drug-likeness (QED) is 0.363. The Kier molecular flexibility index (Phi) is 6.94. The molecule has 2 aromatic heterocycles. The fourth-order valence-corrected chi connectivity index (χ4v) is 4.78. The predicted octanol–water partition coefficient (Wildman–Crippen LogP) is 6.07. The van der Waals surface area contributed by atoms with E-state index in [2.05, 4.69) is 39.9 Å². The van der Waals surface area contributed by atoms with Gasteiger partial charge < -0.3 is 9.32 Å². The van der Waals surface area contributed by atoms with E-state index >= 15 is 0 Å². The van der Waals surface area contributed by atoms with Gasteiger partial charge in [-0.15, -0.1) is 12.4 Å². The highest BCUT2D eigenvalue weighted by Gasteiger charge is 2.21. The molecule has 1 aliphatic rings. The average molecular weight is 471 g/mol. The SMILES string of the molecule is Cl.O=C(c1ccc(F)cc1)N1CCCN(Cc2cc3cc(-c4ccsc4)ccc3o2)CC1. The number of carbonyl (C=O) groups is 1. The van der Waals surface area contributed by atoms with Gasteiger partial charge in [-0.2, -0.15) is 11.3 Å². The minimum atomic E-state index is -0.327. The fourth-order valence-electron chi connectivity index (χ4n) is 4.11. The first-order chi connectivity index (χ1) is 15.2. The first kappa shape index (κ1) is 22.5. The molecular formula is C25H24ClFN2O2S. The van der Waals surface area contributed by atoms with Crippen LogP contribution in [0.3, 0.4) is 0 Å². The number of nitrogens with zero attached hydrogens (tertiary/aromatic N) is 2. The number of amides is 1. The summed E-state index contributed by atoms with van der Waals surface area (Å²) >= 11 is 1.70. The van der Waals surface area contributed by atoms with E-state index in [-0.39, 0.29) is 24.1 Å². The van der Waals surface area contributed by atoms with E-state index in [0.29, 0.717) is 18.7 Å². The second-order valence-electron chi connectivity index (χ2n) is 7.91. The third-order valence-corrected chi connectivity index (χ3v) is 6.45. The normalized spacial score (nSPS) is 14.8. The summed E-state index contributed by atoms with van der Waals surface area (Å²) in [5.41, 5.74) is 3.87. The molecule has 1 saturated heterocycles. The summed E-state index contributed by atoms with van der Waals surface area (Å²) in [4.78, 5) is 16.9. The molecule has 166 valence electrons. The van der Waals surface area contributed by atoms with Gasteiger partial charge in [0.2, 0.25) is 0 Å². The van der Waals surface area contributed by atoms with E-state index in [1.165, 1.54) is 23.3 Å². The molecule has 4 aromatic rings. The summed E-state index contributed by atoms with van der Waals surface area (Å²) in [5, 5.41) is 5.35. The third-order valence-electron chi connectivity index (χ3n) is 5.77. The minimum absolute atomic E-state index is 0. The van der Waals surface area contributed by atoms with Crippen LogP contribution in [-0.2, 0) is 6.54 Å². The Morgan fingerprint density at radius 3 is 2.59 bits per heavy atom. The topological polar surface area (TPSA) is 36.7 Å². The fraction of sp³-hybridized carbons (Fsp3) is 0.240. The van der Waals surface area contributed by atoms with Crippen LogP contribution in [0.5, 0.6) is 0 Å². The van der Waals surface area contributed by atoms with Crippen LogP contribution < -0.4 is 0 Å². The van der Waals surface area contributed by atoms with Crippen molar-refractivity contribution in [1.29, 1.82) is 0 Å². The highest BCUT2D eigenvalue weighted by Crippen LogP contribution is 2.28. The van der Waals surface area contributed by atoms with E-state index in [1.807, 2.05) is 11.0 Å². The van der Waals surface area contributed by atoms with E-state index in [4.69, 9.17) is 4.42 Å². The lowest BCUT2D eigenvalue weighted by atomic mass is 10.1. The summed E-state index contributed by atoms with van der Waals surface area (Å²) in [7, 11) is 0. The summed E-state index contributed by atoms with van der Waals surface area (Å²) in [6, 6.07) is 16.3. The van der Waals surface area contributed by atoms with E-state index in [9.17, 15) is 9.18 Å². The van der Waals surface area contributed by atoms with Gasteiger partial charge in [0.1, 0.15) is 17.2 Å². The van der Waals surface area contributed by atoms with Gasteiger partial charge in [-0.05, 0) is 76.8 Å². The standard InChI is InChI=1S/C25H23FN2O2S.ClH/c26-22-5-2-18(3-6-22)25(29)28-10-1-9-27(11-12-28)16-23-15-21-14-19(4-7-24(21)30-23)20-8-13-31-17-20;/h2-8,13-15,17H,1,9-12,16H2;1H. The van der Waals surface area contributed by atoms with Crippen LogP contribution in [0.15, 0.2) is 69.8 Å². The average Bonchev–Trinajstić information content (AvgIpc) is 3.39. The molecule has 1 amide bonds. The molecule has 2 aromatic carbocycles. The van der Waals surface area contributed by atoms with Crippen LogP contribution >= 0.6 is 23.7 Å². The number of thiophene rings is 1. The van der Waals surface area contributed by atoms with Crippen molar-refractivity contribution >= 4 is 40.6 Å². The first-order valence-corrected chi connectivity index (χ1v) is 11.4. The van der Waals surface area contributed by atoms with Gasteiger partial charge in [0, 0.05) is 37.1 Å². The number of carbonyl (C=O) groups excluding carboxylic acids is 1. The van der Waals surface area contributed by atoms with E-state index in [0.717, 1.165) is 42.8 Å². The van der Waals surface area contributed by atoms with Crippen LogP contribution in [0, 0.1) is 5.82 Å². The minimum Gasteiger partial charge on any atom is -0.460 e. The molecule has 0 N–H and O–H groups in total. The van der Waals surface area contributed by atoms with Gasteiger partial charge in [-0.1, -0.05) is 6.07 Å². The zero-order chi connectivity index (χ0) is 21.2. The molecule has 0 radical (unpaired) electrons. The number of fused-ring (bicyclic) bond motifs is 1. The summed E-state index contributed by atoms with van der Waals surface area (Å²) in [5.74, 6) is 0.578. The van der Waals surface area contributed by atoms with Crippen LogP contribution in [0.1, 0.15) is 22.5 Å². The monoisotopic (exact) mass is 470 g/mol. The lowest BCUT2D eigenvalue weighted by Crippen LogP contribution is -2.35. The zero-order valence-corrected chi connectivity index (χ0v) is 19.1. The van der Waals surface area contributed by atoms with Crippen molar-refractivity contribution in [3.63, 3.8) is 0 Å². The second kappa shape index (κ2) is 9.86. The molecule has 0 bridgehead atoms. The predicted molar refractivity (Wildman–Crippen MR) is 129 cm³/mol. The van der Waals surface area contributed by atoms with Crippen LogP contribution in [0.2, 0.25) is 0 Å². The molecule has 4 nitrogen and oxygen atoms in total. The maximum Gasteiger partial charge on any atom is 0.253 e. The van der Waals surface area contributed by atoms with Crippen LogP contribution in [0.25, 0.3) is 22.1 Å². The molecule has 0 spiro atoms. The number of hydrogen-bond acceptors (Lipinski definition) is 4. The number of halogens is 2. The Morgan fingerprint density at radius 1 is 0.969 bits per heavy atom. The van der Waals surface area contributed by atoms with Crippen LogP contribution in [0.4, 0.5) is 4.39 Å². The van der Waals surface area contributed by atoms with Gasteiger partial charge in [-0.3, -0.25) is 9.69 Å². The van der Waals surface area contributed by atoms with E-state index < -0.39 is 0 Å². The third kappa shape index (κ3) is 4.88. The number of hydrogen-bond donors (Lipinski definition) is 0. The van der Waals surface area contributed by atoms with Crippen LogP contribution in [-0.4, -0.2) is 41.9 Å². The molecule has 0 unspecified atom stereocenters. The first-order valence-electron chi connectivity index (χ1n) is 10.5. The summed E-state index contributed by atoms with van der Waals surface area (Å²) in [6.07, 6.45) is 0.898. The Bertz CT molecular complexity index is 1190. The van der Waals surface area contributed by atoms with Crippen molar-refractivity contribution in [3.8, 4) is 11.1 Å². The van der Waals surface area contributed by atoms with Crippen molar-refractivity contribution in [1.82, 2.24) is 9.80 Å². The van der Waals surface area contributed by atoms with Gasteiger partial charge in [0.05, 0.1) is 6.54 Å². The largest absolute Gasteiger partial charge is 0.460 e. The number of rotatable bonds is 4. The van der Waals surface area contributed by atoms with Crippen molar-refractivity contribution in [2.24, 2.45) is 0 Å². The maximum absolute atomic E-state index is 13.1. The summed E-state index contributed by atoms with van der Waals surface area (Å²) < 4.78 is 19.2. The molecule has 0 saturated carbocycles. The molecule has 1 aliphatic heterocycles. The van der Waals surface area contributed by atoms with Crippen molar-refractivity contribution in [2.75, 3.05) is 26.2 Å². The number of furan rings is 1. The van der Waals surface area contributed by atoms with Gasteiger partial charge in [-0.25, -0.2) is 4.39 Å². The van der Waals surface area contributed by atoms with Gasteiger partial charge in [0.15, 0.2) is 0 Å². The maximum atomic E-state index is 13.1. The lowest BCUT2D eigenvalue weighted by Gasteiger charge is -2.21. The molecule has 7 heteroatoms. The highest BCUT2D eigenvalue weighted by atomic mass is 35.5. The second-order valence-corrected chi connectivity index (χ2v) is 8.69. The smallest absolute Gasteiger partial charge is 0.253 e. The molecule has 5 rings (SSSR count). The Morgan fingerprint density at radius 2 is 1.81 bits per heavy atom. The highest BCUT2D eigenvalue weighted by molar-refractivity contribution is 7.08. The Labute approximate surface area is 196 Å². The van der Waals surface area contributed by atoms with Crippen molar-refractivity contribution in [2.45, 2.75) is 13.0 Å². The molecule has 32 heavy (non-hydrogen) atoms. The molecule has 1 fully saturated rings. The van der Waals surface area contributed by atoms with Crippen molar-refractivity contribution < 1.29 is 13.6 Å². The molecular weight excluding hydrogens is 447 g/mol. The number of benzene rings is 2. The Balaban J connectivity index is 0.00000245. The van der Waals surface area contributed by atoms with Gasteiger partial charge >= 0.3 is 0 Å². The molecule has 0 aliphatic carbocycles. The molecule has 0 atom stereocenters. The van der Waals surface area contributed by atoms with Crippen molar-refractivity contribution in [3.05, 3.63) is 82.5 Å². The molecule has 3 heterocycles. The lowest BCUT2D eigenvalue weighted by molar-refractivity contribution is 0.0761. The van der Waals surface area contributed by atoms with Gasteiger partial charge in [0.25, 0.3) is 5.91 Å². The van der Waals surface area contributed by atoms with E-state index in [1.54, 1.807) is 23.5 Å². The Hall–Kier alpha value is -2.67. The summed E-state index contributed by atoms with van der Waals surface area (Å²) in [6.45, 7) is 3.77. The zero-order valence-electron chi connectivity index (χ0n) is 17.5.